The number of aromatic hydroxyl groups is 2. The molecule has 0 heterocycles. The van der Waals surface area contributed by atoms with Crippen LogP contribution in [0.3, 0.4) is 0 Å². The predicted octanol–water partition coefficient (Wildman–Crippen LogP) is 8.00. The van der Waals surface area contributed by atoms with Gasteiger partial charge in [0.1, 0.15) is 11.5 Å². The van der Waals surface area contributed by atoms with E-state index >= 15 is 0 Å². The van der Waals surface area contributed by atoms with Crippen LogP contribution >= 0.6 is 0 Å². The molecule has 0 aliphatic heterocycles. The van der Waals surface area contributed by atoms with E-state index in [9.17, 15) is 0 Å². The van der Waals surface area contributed by atoms with Gasteiger partial charge in [0, 0.05) is 0 Å². The zero-order valence-electron chi connectivity index (χ0n) is 19.5. The Morgan fingerprint density at radius 3 is 1.11 bits per heavy atom. The zero-order chi connectivity index (χ0) is 23.6. The minimum Gasteiger partial charge on any atom is -0.508 e. The van der Waals surface area contributed by atoms with Crippen LogP contribution in [0.25, 0.3) is 21.5 Å². The molecule has 0 aliphatic carbocycles. The molecule has 0 spiro atoms. The first kappa shape index (κ1) is 26.2. The molecule has 2 nitrogen and oxygen atoms in total. The summed E-state index contributed by atoms with van der Waals surface area (Å²) in [4.78, 5) is 0. The Hall–Kier alpha value is -3.42. The molecule has 0 unspecified atom stereocenters. The standard InChI is InChI=1S/C20H16.2C6H6O.Zr/c1-2-6-18-12-15(11-17(18)5-1)9-10-16-13-19-7-3-4-8-20(19)14-16;2*7-6-4-2-1-3-5-6;/h1-8,11-14H,9-10H2;2*1-5,7H;/q-2;;;+2. The van der Waals surface area contributed by atoms with Gasteiger partial charge in [-0.25, -0.2) is 0 Å². The van der Waals surface area contributed by atoms with Gasteiger partial charge < -0.3 is 10.2 Å². The molecule has 0 saturated carbocycles. The molecule has 0 bridgehead atoms. The molecular weight excluding hydrogens is 508 g/mol. The van der Waals surface area contributed by atoms with E-state index in [1.54, 1.807) is 48.5 Å². The Balaban J connectivity index is 0.000000188. The van der Waals surface area contributed by atoms with Crippen LogP contribution in [-0.4, -0.2) is 10.2 Å². The Labute approximate surface area is 226 Å². The molecule has 0 saturated heterocycles. The second-order valence-corrected chi connectivity index (χ2v) is 8.16. The predicted molar refractivity (Wildman–Crippen MR) is 143 cm³/mol. The zero-order valence-corrected chi connectivity index (χ0v) is 22.0. The van der Waals surface area contributed by atoms with E-state index in [0.29, 0.717) is 11.5 Å². The third-order valence-corrected chi connectivity index (χ3v) is 5.57. The summed E-state index contributed by atoms with van der Waals surface area (Å²) in [5.74, 6) is 0.644. The van der Waals surface area contributed by atoms with Crippen molar-refractivity contribution in [2.45, 2.75) is 12.8 Å². The summed E-state index contributed by atoms with van der Waals surface area (Å²) in [6, 6.07) is 43.9. The SMILES string of the molecule is Oc1ccccc1.Oc1ccccc1.[Zr+2].c1ccc2[cH-]c(CCc3cc4ccccc4[cH-]3)cc2c1. The number of benzene rings is 4. The van der Waals surface area contributed by atoms with Gasteiger partial charge in [-0.15, -0.1) is 81.2 Å². The number of phenols is 2. The number of aryl methyl sites for hydroxylation is 2. The average molecular weight is 536 g/mol. The fraction of sp³-hybridized carbons (Fsp3) is 0.0625. The number of hydrogen-bond acceptors (Lipinski definition) is 2. The number of phenolic OH excluding ortho intramolecular Hbond substituents is 2. The van der Waals surface area contributed by atoms with Gasteiger partial charge in [-0.2, -0.15) is 12.1 Å². The van der Waals surface area contributed by atoms with Crippen molar-refractivity contribution in [2.75, 3.05) is 0 Å². The Bertz CT molecular complexity index is 1240. The van der Waals surface area contributed by atoms with Crippen LogP contribution in [0.5, 0.6) is 11.5 Å². The van der Waals surface area contributed by atoms with E-state index in [4.69, 9.17) is 10.2 Å². The maximum Gasteiger partial charge on any atom is 2.00 e. The van der Waals surface area contributed by atoms with Crippen molar-refractivity contribution in [2.24, 2.45) is 0 Å². The molecule has 0 amide bonds. The summed E-state index contributed by atoms with van der Waals surface area (Å²) in [7, 11) is 0. The Kier molecular flexibility index (Phi) is 10.1. The molecule has 6 aromatic carbocycles. The van der Waals surface area contributed by atoms with Crippen LogP contribution in [-0.2, 0) is 39.0 Å². The summed E-state index contributed by atoms with van der Waals surface area (Å²) < 4.78 is 0. The van der Waals surface area contributed by atoms with Gasteiger partial charge in [0.15, 0.2) is 0 Å². The van der Waals surface area contributed by atoms with Crippen molar-refractivity contribution in [1.29, 1.82) is 0 Å². The number of rotatable bonds is 3. The van der Waals surface area contributed by atoms with Crippen LogP contribution in [0.1, 0.15) is 11.1 Å². The van der Waals surface area contributed by atoms with Crippen molar-refractivity contribution in [1.82, 2.24) is 0 Å². The molecule has 2 N–H and O–H groups in total. The number of hydrogen-bond donors (Lipinski definition) is 2. The van der Waals surface area contributed by atoms with Crippen molar-refractivity contribution in [3.05, 3.63) is 145 Å². The first-order chi connectivity index (χ1) is 16.7. The van der Waals surface area contributed by atoms with E-state index < -0.39 is 0 Å². The summed E-state index contributed by atoms with van der Waals surface area (Å²) in [6.45, 7) is 0. The molecule has 0 aromatic heterocycles. The normalized spacial score (nSPS) is 9.94. The quantitative estimate of drug-likeness (QED) is 0.225. The molecule has 6 rings (SSSR count). The molecule has 35 heavy (non-hydrogen) atoms. The first-order valence-electron chi connectivity index (χ1n) is 11.4. The van der Waals surface area contributed by atoms with Gasteiger partial charge in [-0.3, -0.25) is 0 Å². The molecule has 3 heteroatoms. The van der Waals surface area contributed by atoms with E-state index in [2.05, 4.69) is 72.8 Å². The maximum atomic E-state index is 8.63. The molecule has 172 valence electrons. The second-order valence-electron chi connectivity index (χ2n) is 8.16. The van der Waals surface area contributed by atoms with E-state index in [1.165, 1.54) is 32.7 Å². The average Bonchev–Trinajstić information content (AvgIpc) is 3.48. The van der Waals surface area contributed by atoms with Crippen molar-refractivity contribution in [3.63, 3.8) is 0 Å². The van der Waals surface area contributed by atoms with E-state index in [-0.39, 0.29) is 26.2 Å². The van der Waals surface area contributed by atoms with Crippen molar-refractivity contribution >= 4 is 21.5 Å². The largest absolute Gasteiger partial charge is 2.00 e. The van der Waals surface area contributed by atoms with Crippen LogP contribution in [0.15, 0.2) is 133 Å². The van der Waals surface area contributed by atoms with Crippen LogP contribution < -0.4 is 0 Å². The molecule has 0 aliphatic rings. The number of fused-ring (bicyclic) bond motifs is 2. The van der Waals surface area contributed by atoms with Gasteiger partial charge in [-0.05, 0) is 37.1 Å². The topological polar surface area (TPSA) is 40.5 Å². The number of para-hydroxylation sites is 2. The van der Waals surface area contributed by atoms with E-state index in [0.717, 1.165) is 12.8 Å². The third-order valence-electron chi connectivity index (χ3n) is 5.57. The summed E-state index contributed by atoms with van der Waals surface area (Å²) >= 11 is 0. The minimum atomic E-state index is 0. The first-order valence-corrected chi connectivity index (χ1v) is 11.4. The minimum absolute atomic E-state index is 0. The fourth-order valence-corrected chi connectivity index (χ4v) is 3.86. The third kappa shape index (κ3) is 8.09. The molecule has 0 atom stereocenters. The van der Waals surface area contributed by atoms with Gasteiger partial charge >= 0.3 is 26.2 Å². The van der Waals surface area contributed by atoms with Gasteiger partial charge in [0.2, 0.25) is 0 Å². The summed E-state index contributed by atoms with van der Waals surface area (Å²) in [5, 5.41) is 22.7. The molecular formula is C32H28O2Zr. The second kappa shape index (κ2) is 13.5. The summed E-state index contributed by atoms with van der Waals surface area (Å²) in [6.07, 6.45) is 2.23. The molecule has 0 fully saturated rings. The fourth-order valence-electron chi connectivity index (χ4n) is 3.86. The Morgan fingerprint density at radius 2 is 0.800 bits per heavy atom. The summed E-state index contributed by atoms with van der Waals surface area (Å²) in [5.41, 5.74) is 2.88. The van der Waals surface area contributed by atoms with Gasteiger partial charge in [-0.1, -0.05) is 48.5 Å². The molecule has 0 radical (unpaired) electrons. The van der Waals surface area contributed by atoms with Gasteiger partial charge in [0.05, 0.1) is 0 Å². The molecule has 6 aromatic rings. The van der Waals surface area contributed by atoms with Crippen LogP contribution in [0.4, 0.5) is 0 Å². The van der Waals surface area contributed by atoms with Gasteiger partial charge in [0.25, 0.3) is 0 Å². The maximum absolute atomic E-state index is 8.63. The Morgan fingerprint density at radius 1 is 0.457 bits per heavy atom. The van der Waals surface area contributed by atoms with Crippen molar-refractivity contribution in [3.8, 4) is 11.5 Å². The van der Waals surface area contributed by atoms with Crippen molar-refractivity contribution < 1.29 is 36.4 Å². The monoisotopic (exact) mass is 534 g/mol. The van der Waals surface area contributed by atoms with Crippen LogP contribution in [0.2, 0.25) is 0 Å². The van der Waals surface area contributed by atoms with E-state index in [1.807, 2.05) is 12.1 Å². The van der Waals surface area contributed by atoms with Crippen LogP contribution in [0, 0.1) is 0 Å². The smallest absolute Gasteiger partial charge is 0.508 e.